The molecule has 7 nitrogen and oxygen atoms in total. The molecule has 40 heavy (non-hydrogen) atoms. The molecule has 1 N–H and O–H groups in total. The first-order valence-corrected chi connectivity index (χ1v) is 13.9. The summed E-state index contributed by atoms with van der Waals surface area (Å²) in [7, 11) is 1.48. The van der Waals surface area contributed by atoms with Gasteiger partial charge in [-0.15, -0.1) is 11.3 Å². The van der Waals surface area contributed by atoms with E-state index < -0.39 is 24.0 Å². The van der Waals surface area contributed by atoms with Crippen LogP contribution < -0.4 is 4.90 Å². The second kappa shape index (κ2) is 11.6. The van der Waals surface area contributed by atoms with Crippen LogP contribution in [0.4, 0.5) is 18.9 Å². The van der Waals surface area contributed by atoms with Crippen molar-refractivity contribution in [2.45, 2.75) is 44.2 Å². The third-order valence-corrected chi connectivity index (χ3v) is 8.82. The molecule has 0 bridgehead atoms. The summed E-state index contributed by atoms with van der Waals surface area (Å²) < 4.78 is 50.5. The van der Waals surface area contributed by atoms with E-state index in [1.165, 1.54) is 12.0 Å². The highest BCUT2D eigenvalue weighted by molar-refractivity contribution is 7.14. The van der Waals surface area contributed by atoms with Crippen LogP contribution in [0, 0.1) is 11.8 Å². The molecule has 0 saturated heterocycles. The molecule has 1 unspecified atom stereocenters. The van der Waals surface area contributed by atoms with E-state index in [0.29, 0.717) is 17.8 Å². The molecule has 3 heterocycles. The number of anilines is 1. The predicted octanol–water partition coefficient (Wildman–Crippen LogP) is 7.06. The van der Waals surface area contributed by atoms with Crippen LogP contribution in [0.5, 0.6) is 0 Å². The molecule has 0 radical (unpaired) electrons. The minimum absolute atomic E-state index is 0.0231. The van der Waals surface area contributed by atoms with Crippen molar-refractivity contribution in [3.63, 3.8) is 0 Å². The first-order valence-electron chi connectivity index (χ1n) is 13.1. The molecule has 2 aliphatic carbocycles. The summed E-state index contributed by atoms with van der Waals surface area (Å²) in [5.74, 6) is -2.93. The third-order valence-electron chi connectivity index (χ3n) is 7.58. The topological polar surface area (TPSA) is 92.9 Å². The number of aromatic carboxylic acids is 1. The molecule has 0 aromatic carbocycles. The molecule has 0 aliphatic heterocycles. The van der Waals surface area contributed by atoms with E-state index in [1.54, 1.807) is 18.3 Å². The van der Waals surface area contributed by atoms with E-state index in [1.807, 2.05) is 30.4 Å². The van der Waals surface area contributed by atoms with Crippen molar-refractivity contribution in [3.05, 3.63) is 64.2 Å². The molecule has 3 aromatic rings. The van der Waals surface area contributed by atoms with Gasteiger partial charge in [-0.05, 0) is 50.3 Å². The van der Waals surface area contributed by atoms with Crippen molar-refractivity contribution < 1.29 is 37.0 Å². The number of fused-ring (bicyclic) bond motifs is 1. The van der Waals surface area contributed by atoms with Gasteiger partial charge in [0.1, 0.15) is 16.2 Å². The summed E-state index contributed by atoms with van der Waals surface area (Å²) in [6.45, 7) is 0.269. The Hall–Kier alpha value is -3.44. The third kappa shape index (κ3) is 5.85. The maximum atomic E-state index is 13.6. The number of allylic oxidation sites excluding steroid dienone is 4. The van der Waals surface area contributed by atoms with Crippen molar-refractivity contribution in [1.29, 1.82) is 0 Å². The van der Waals surface area contributed by atoms with Gasteiger partial charge in [0, 0.05) is 48.2 Å². The average molecular weight is 575 g/mol. The molecule has 11 heteroatoms. The Morgan fingerprint density at radius 2 is 2.00 bits per heavy atom. The number of ether oxygens (including phenoxy) is 1. The number of carbonyl (C=O) groups is 2. The number of hydrogen-bond acceptors (Lipinski definition) is 6. The lowest BCUT2D eigenvalue weighted by molar-refractivity contribution is -0.184. The predicted molar refractivity (Wildman–Crippen MR) is 145 cm³/mol. The van der Waals surface area contributed by atoms with Crippen LogP contribution in [-0.2, 0) is 9.53 Å². The van der Waals surface area contributed by atoms with Crippen molar-refractivity contribution in [1.82, 2.24) is 4.98 Å². The van der Waals surface area contributed by atoms with Crippen LogP contribution in [0.1, 0.15) is 58.3 Å². The van der Waals surface area contributed by atoms with Crippen LogP contribution in [0.3, 0.4) is 0 Å². The monoisotopic (exact) mass is 574 g/mol. The number of carboxylic acids is 1. The summed E-state index contributed by atoms with van der Waals surface area (Å²) in [6, 6.07) is 7.25. The van der Waals surface area contributed by atoms with Crippen molar-refractivity contribution >= 4 is 45.6 Å². The number of carbonyl (C=O) groups excluding carboxylic acids is 1. The second-order valence-electron chi connectivity index (χ2n) is 10.1. The van der Waals surface area contributed by atoms with Gasteiger partial charge in [0.05, 0.1) is 18.2 Å². The SMILES string of the molecule is COCCN(C(=O)C1CCC(C(F)(F)F)CC1)c1cc(C2C=CC(c3cc4ncccc4o3)=CC2)sc1C(=O)O. The van der Waals surface area contributed by atoms with Gasteiger partial charge in [0.25, 0.3) is 0 Å². The Bertz CT molecular complexity index is 1420. The first-order chi connectivity index (χ1) is 19.2. The van der Waals surface area contributed by atoms with E-state index in [-0.39, 0.29) is 61.2 Å². The molecule has 2 aliphatic rings. The minimum atomic E-state index is -4.27. The van der Waals surface area contributed by atoms with E-state index in [4.69, 9.17) is 9.15 Å². The Balaban J connectivity index is 1.36. The van der Waals surface area contributed by atoms with Gasteiger partial charge in [0.2, 0.25) is 5.91 Å². The number of aromatic nitrogens is 1. The summed E-state index contributed by atoms with van der Waals surface area (Å²) in [5, 5.41) is 10.00. The van der Waals surface area contributed by atoms with E-state index in [0.717, 1.165) is 27.3 Å². The first kappa shape index (κ1) is 28.1. The minimum Gasteiger partial charge on any atom is -0.477 e. The zero-order valence-electron chi connectivity index (χ0n) is 21.8. The van der Waals surface area contributed by atoms with Gasteiger partial charge in [0.15, 0.2) is 5.58 Å². The zero-order valence-corrected chi connectivity index (χ0v) is 22.6. The van der Waals surface area contributed by atoms with Crippen molar-refractivity contribution in [3.8, 4) is 0 Å². The molecule has 1 fully saturated rings. The summed E-state index contributed by atoms with van der Waals surface area (Å²) in [4.78, 5) is 32.3. The number of amides is 1. The number of pyridine rings is 1. The van der Waals surface area contributed by atoms with E-state index in [2.05, 4.69) is 4.98 Å². The normalized spacial score (nSPS) is 21.4. The second-order valence-corrected chi connectivity index (χ2v) is 11.2. The fourth-order valence-corrected chi connectivity index (χ4v) is 6.48. The van der Waals surface area contributed by atoms with Gasteiger partial charge < -0.3 is 19.2 Å². The number of hydrogen-bond donors (Lipinski definition) is 1. The fraction of sp³-hybridized carbons (Fsp3) is 0.414. The lowest BCUT2D eigenvalue weighted by Crippen LogP contribution is -2.41. The van der Waals surface area contributed by atoms with Gasteiger partial charge in [-0.2, -0.15) is 13.2 Å². The van der Waals surface area contributed by atoms with Crippen LogP contribution in [0.2, 0.25) is 0 Å². The molecule has 3 aromatic heterocycles. The number of nitrogens with zero attached hydrogens (tertiary/aromatic N) is 2. The smallest absolute Gasteiger partial charge is 0.391 e. The van der Waals surface area contributed by atoms with Crippen LogP contribution in [-0.4, -0.2) is 48.4 Å². The quantitative estimate of drug-likeness (QED) is 0.310. The molecule has 0 spiro atoms. The molecule has 5 rings (SSSR count). The fourth-order valence-electron chi connectivity index (χ4n) is 5.38. The summed E-state index contributed by atoms with van der Waals surface area (Å²) in [6.07, 6.45) is 3.97. The number of rotatable bonds is 8. The number of methoxy groups -OCH3 is 1. The van der Waals surface area contributed by atoms with Crippen molar-refractivity contribution in [2.75, 3.05) is 25.2 Å². The average Bonchev–Trinajstić information content (AvgIpc) is 3.58. The molecular formula is C29H29F3N2O5S. The Labute approximate surface area is 232 Å². The van der Waals surface area contributed by atoms with Gasteiger partial charge in [-0.3, -0.25) is 9.78 Å². The molecule has 1 saturated carbocycles. The number of halogens is 3. The Kier molecular flexibility index (Phi) is 8.14. The van der Waals surface area contributed by atoms with Gasteiger partial charge in [-0.25, -0.2) is 4.79 Å². The summed E-state index contributed by atoms with van der Waals surface area (Å²) in [5.41, 5.74) is 2.61. The lowest BCUT2D eigenvalue weighted by atomic mass is 9.81. The number of thiophene rings is 1. The maximum Gasteiger partial charge on any atom is 0.391 e. The maximum absolute atomic E-state index is 13.6. The summed E-state index contributed by atoms with van der Waals surface area (Å²) >= 11 is 1.11. The molecular weight excluding hydrogens is 545 g/mol. The largest absolute Gasteiger partial charge is 0.477 e. The Morgan fingerprint density at radius 1 is 1.23 bits per heavy atom. The number of alkyl halides is 3. The highest BCUT2D eigenvalue weighted by atomic mass is 32.1. The van der Waals surface area contributed by atoms with Crippen LogP contribution in [0.25, 0.3) is 16.7 Å². The molecule has 1 atom stereocenters. The number of furan rings is 1. The van der Waals surface area contributed by atoms with Crippen LogP contribution >= 0.6 is 11.3 Å². The lowest BCUT2D eigenvalue weighted by Gasteiger charge is -2.32. The van der Waals surface area contributed by atoms with Crippen molar-refractivity contribution in [2.24, 2.45) is 11.8 Å². The molecule has 1 amide bonds. The Morgan fingerprint density at radius 3 is 2.62 bits per heavy atom. The van der Waals surface area contributed by atoms with E-state index >= 15 is 0 Å². The standard InChI is InChI=1S/C29H29F3N2O5S/c1-38-14-13-34(27(35)19-8-10-20(11-9-19)29(30,31)32)22-16-25(40-26(22)28(36)37)18-6-4-17(5-7-18)24-15-21-23(39-24)3-2-12-33-21/h2-6,12,15-16,18-20H,7-11,13-14H2,1H3,(H,36,37). The molecule has 212 valence electrons. The zero-order chi connectivity index (χ0) is 28.4. The van der Waals surface area contributed by atoms with Gasteiger partial charge in [-0.1, -0.05) is 18.2 Å². The van der Waals surface area contributed by atoms with Gasteiger partial charge >= 0.3 is 12.1 Å². The van der Waals surface area contributed by atoms with Crippen LogP contribution in [0.15, 0.2) is 53.1 Å². The van der Waals surface area contributed by atoms with E-state index in [9.17, 15) is 27.9 Å². The highest BCUT2D eigenvalue weighted by Crippen LogP contribution is 2.43. The highest BCUT2D eigenvalue weighted by Gasteiger charge is 2.43. The number of carboxylic acid groups (broad SMARTS) is 1.